The maximum absolute atomic E-state index is 13.2. The minimum absolute atomic E-state index is 0.0914. The lowest BCUT2D eigenvalue weighted by Crippen LogP contribution is -2.41. The number of fused-ring (bicyclic) bond motifs is 1. The second kappa shape index (κ2) is 5.90. The van der Waals surface area contributed by atoms with Crippen molar-refractivity contribution in [1.82, 2.24) is 4.98 Å². The van der Waals surface area contributed by atoms with Crippen LogP contribution in [0, 0.1) is 11.8 Å². The van der Waals surface area contributed by atoms with E-state index < -0.39 is 17.4 Å². The largest absolute Gasteiger partial charge is 0.497 e. The smallest absolute Gasteiger partial charge is 0.234 e. The SMILES string of the molecule is COc1ccc(N2C[C@@]34C=C[C@H](O3)[C@H](C(=O)Nc3nccs3)[C@H]4C2=O)cc1. The molecule has 27 heavy (non-hydrogen) atoms. The van der Waals surface area contributed by atoms with Crippen molar-refractivity contribution in [2.75, 3.05) is 23.9 Å². The van der Waals surface area contributed by atoms with Gasteiger partial charge >= 0.3 is 0 Å². The molecule has 2 saturated heterocycles. The monoisotopic (exact) mass is 383 g/mol. The number of thiazole rings is 1. The summed E-state index contributed by atoms with van der Waals surface area (Å²) in [7, 11) is 1.60. The van der Waals surface area contributed by atoms with Gasteiger partial charge in [0.2, 0.25) is 11.8 Å². The molecular weight excluding hydrogens is 366 g/mol. The van der Waals surface area contributed by atoms with Crippen molar-refractivity contribution < 1.29 is 19.1 Å². The number of hydrogen-bond donors (Lipinski definition) is 1. The average Bonchev–Trinajstić information content (AvgIpc) is 3.44. The van der Waals surface area contributed by atoms with Gasteiger partial charge < -0.3 is 19.7 Å². The van der Waals surface area contributed by atoms with E-state index in [1.54, 1.807) is 23.6 Å². The first kappa shape index (κ1) is 16.5. The lowest BCUT2D eigenvalue weighted by molar-refractivity contribution is -0.128. The molecule has 0 unspecified atom stereocenters. The van der Waals surface area contributed by atoms with Gasteiger partial charge in [0.05, 0.1) is 31.6 Å². The lowest BCUT2D eigenvalue weighted by Gasteiger charge is -2.22. The van der Waals surface area contributed by atoms with Crippen molar-refractivity contribution in [3.63, 3.8) is 0 Å². The van der Waals surface area contributed by atoms with Gasteiger partial charge in [-0.05, 0) is 24.3 Å². The Labute approximate surface area is 159 Å². The molecule has 2 bridgehead atoms. The number of ether oxygens (including phenoxy) is 2. The van der Waals surface area contributed by atoms with Gasteiger partial charge in [-0.1, -0.05) is 12.2 Å². The van der Waals surface area contributed by atoms with E-state index in [0.717, 1.165) is 11.4 Å². The fourth-order valence-electron chi connectivity index (χ4n) is 4.25. The summed E-state index contributed by atoms with van der Waals surface area (Å²) in [5, 5.41) is 5.13. The van der Waals surface area contributed by atoms with Crippen molar-refractivity contribution in [3.05, 3.63) is 48.0 Å². The highest BCUT2D eigenvalue weighted by Gasteiger charge is 2.67. The van der Waals surface area contributed by atoms with E-state index in [1.807, 2.05) is 36.4 Å². The summed E-state index contributed by atoms with van der Waals surface area (Å²) in [6.45, 7) is 0.400. The predicted octanol–water partition coefficient (Wildman–Crippen LogP) is 2.08. The van der Waals surface area contributed by atoms with Crippen LogP contribution in [0.3, 0.4) is 0 Å². The maximum atomic E-state index is 13.2. The number of aromatic nitrogens is 1. The van der Waals surface area contributed by atoms with Crippen molar-refractivity contribution in [1.29, 1.82) is 0 Å². The van der Waals surface area contributed by atoms with Crippen LogP contribution >= 0.6 is 11.3 Å². The van der Waals surface area contributed by atoms with Crippen LogP contribution in [0.25, 0.3) is 0 Å². The molecule has 1 spiro atoms. The molecule has 5 rings (SSSR count). The number of amides is 2. The van der Waals surface area contributed by atoms with E-state index in [2.05, 4.69) is 10.3 Å². The summed E-state index contributed by atoms with van der Waals surface area (Å²) in [5.41, 5.74) is 0.0242. The number of carbonyl (C=O) groups is 2. The number of carbonyl (C=O) groups excluding carboxylic acids is 2. The Hall–Kier alpha value is -2.71. The molecule has 3 aliphatic rings. The number of methoxy groups -OCH3 is 1. The van der Waals surface area contributed by atoms with Gasteiger partial charge in [0.15, 0.2) is 5.13 Å². The molecule has 1 aromatic heterocycles. The van der Waals surface area contributed by atoms with Crippen LogP contribution in [-0.4, -0.2) is 42.2 Å². The number of rotatable bonds is 4. The third-order valence-corrected chi connectivity index (χ3v) is 6.14. The minimum atomic E-state index is -0.743. The van der Waals surface area contributed by atoms with Crippen LogP contribution in [0.5, 0.6) is 5.75 Å². The highest BCUT2D eigenvalue weighted by molar-refractivity contribution is 7.13. The first-order valence-corrected chi connectivity index (χ1v) is 9.52. The van der Waals surface area contributed by atoms with Crippen molar-refractivity contribution in [2.45, 2.75) is 11.7 Å². The Bertz CT molecular complexity index is 927. The summed E-state index contributed by atoms with van der Waals surface area (Å²) in [5.74, 6) is -0.687. The fourth-order valence-corrected chi connectivity index (χ4v) is 4.78. The number of nitrogens with zero attached hydrogens (tertiary/aromatic N) is 2. The molecule has 0 radical (unpaired) electrons. The summed E-state index contributed by atoms with van der Waals surface area (Å²) < 4.78 is 11.3. The topological polar surface area (TPSA) is 80.8 Å². The highest BCUT2D eigenvalue weighted by Crippen LogP contribution is 2.52. The standard InChI is InChI=1S/C19H17N3O4S/c1-25-12-4-2-11(3-5-12)22-10-19-7-6-13(26-19)14(15(19)17(22)24)16(23)21-18-20-8-9-27-18/h2-9,13-15H,10H2,1H3,(H,20,21,23)/t13-,14-,15-,19+/m0/s1. The molecule has 2 fully saturated rings. The fraction of sp³-hybridized carbons (Fsp3) is 0.316. The molecule has 1 N–H and O–H groups in total. The number of hydrogen-bond acceptors (Lipinski definition) is 6. The zero-order valence-corrected chi connectivity index (χ0v) is 15.3. The molecule has 4 atom stereocenters. The zero-order valence-electron chi connectivity index (χ0n) is 14.5. The molecule has 0 saturated carbocycles. The second-order valence-electron chi connectivity index (χ2n) is 6.85. The van der Waals surface area contributed by atoms with E-state index in [4.69, 9.17) is 9.47 Å². The molecule has 8 heteroatoms. The summed E-state index contributed by atoms with van der Waals surface area (Å²) in [6, 6.07) is 7.31. The molecule has 138 valence electrons. The molecule has 3 aliphatic heterocycles. The van der Waals surface area contributed by atoms with Gasteiger partial charge in [0, 0.05) is 17.3 Å². The van der Waals surface area contributed by atoms with E-state index in [9.17, 15) is 9.59 Å². The Morgan fingerprint density at radius 1 is 1.41 bits per heavy atom. The average molecular weight is 383 g/mol. The van der Waals surface area contributed by atoms with Crippen LogP contribution in [0.4, 0.5) is 10.8 Å². The van der Waals surface area contributed by atoms with Crippen molar-refractivity contribution in [2.24, 2.45) is 11.8 Å². The molecule has 2 aromatic rings. The predicted molar refractivity (Wildman–Crippen MR) is 99.8 cm³/mol. The van der Waals surface area contributed by atoms with Crippen LogP contribution in [0.15, 0.2) is 48.0 Å². The zero-order chi connectivity index (χ0) is 18.6. The van der Waals surface area contributed by atoms with Crippen molar-refractivity contribution >= 4 is 34.0 Å². The Morgan fingerprint density at radius 2 is 2.22 bits per heavy atom. The third kappa shape index (κ3) is 2.40. The van der Waals surface area contributed by atoms with Gasteiger partial charge in [-0.2, -0.15) is 0 Å². The summed E-state index contributed by atoms with van der Waals surface area (Å²) in [4.78, 5) is 31.9. The first-order valence-electron chi connectivity index (χ1n) is 8.64. The lowest BCUT2D eigenvalue weighted by atomic mass is 9.77. The first-order chi connectivity index (χ1) is 13.1. The van der Waals surface area contributed by atoms with Crippen LogP contribution in [-0.2, 0) is 14.3 Å². The molecule has 1 aromatic carbocycles. The van der Waals surface area contributed by atoms with Gasteiger partial charge in [-0.3, -0.25) is 9.59 Å². The molecule has 7 nitrogen and oxygen atoms in total. The number of nitrogens with one attached hydrogen (secondary N) is 1. The van der Waals surface area contributed by atoms with Gasteiger partial charge in [0.25, 0.3) is 0 Å². The van der Waals surface area contributed by atoms with E-state index >= 15 is 0 Å². The highest BCUT2D eigenvalue weighted by atomic mass is 32.1. The van der Waals surface area contributed by atoms with E-state index in [0.29, 0.717) is 11.7 Å². The molecule has 2 amide bonds. The van der Waals surface area contributed by atoms with Crippen LogP contribution in [0.2, 0.25) is 0 Å². The molecule has 4 heterocycles. The molecule has 0 aliphatic carbocycles. The molecular formula is C19H17N3O4S. The van der Waals surface area contributed by atoms with Gasteiger partial charge in [-0.25, -0.2) is 4.98 Å². The van der Waals surface area contributed by atoms with Crippen LogP contribution < -0.4 is 15.0 Å². The van der Waals surface area contributed by atoms with Gasteiger partial charge in [-0.15, -0.1) is 11.3 Å². The Balaban J connectivity index is 1.44. The van der Waals surface area contributed by atoms with Gasteiger partial charge in [0.1, 0.15) is 11.4 Å². The third-order valence-electron chi connectivity index (χ3n) is 5.45. The summed E-state index contributed by atoms with van der Waals surface area (Å²) >= 11 is 1.35. The van der Waals surface area contributed by atoms with E-state index in [1.165, 1.54) is 11.3 Å². The number of benzene rings is 1. The quantitative estimate of drug-likeness (QED) is 0.818. The Morgan fingerprint density at radius 3 is 2.93 bits per heavy atom. The maximum Gasteiger partial charge on any atom is 0.234 e. The van der Waals surface area contributed by atoms with E-state index in [-0.39, 0.29) is 17.9 Å². The summed E-state index contributed by atoms with van der Waals surface area (Å²) in [6.07, 6.45) is 5.09. The second-order valence-corrected chi connectivity index (χ2v) is 7.74. The van der Waals surface area contributed by atoms with Crippen molar-refractivity contribution in [3.8, 4) is 5.75 Å². The minimum Gasteiger partial charge on any atom is -0.497 e. The Kier molecular flexibility index (Phi) is 3.60. The normalized spacial score (nSPS) is 30.6. The number of anilines is 2. The van der Waals surface area contributed by atoms with Crippen LogP contribution in [0.1, 0.15) is 0 Å².